The van der Waals surface area contributed by atoms with Crippen LogP contribution in [0.5, 0.6) is 0 Å². The first kappa shape index (κ1) is 10.8. The highest BCUT2D eigenvalue weighted by Crippen LogP contribution is 2.13. The minimum absolute atomic E-state index is 0.159. The Bertz CT molecular complexity index is 611. The third-order valence-corrected chi connectivity index (χ3v) is 2.25. The molecule has 2 rings (SSSR count). The maximum atomic E-state index is 13.3. The largest absolute Gasteiger partial charge is 0.491 e. The number of benzene rings is 1. The van der Waals surface area contributed by atoms with Crippen molar-refractivity contribution < 1.29 is 18.8 Å². The van der Waals surface area contributed by atoms with E-state index in [9.17, 15) is 13.6 Å². The summed E-state index contributed by atoms with van der Waals surface area (Å²) in [5.74, 6) is -1.74. The summed E-state index contributed by atoms with van der Waals surface area (Å²) in [5.41, 5.74) is -1.12. The summed E-state index contributed by atoms with van der Waals surface area (Å²) < 4.78 is 26.6. The minimum Gasteiger partial charge on any atom is -0.423 e. The second-order valence-electron chi connectivity index (χ2n) is 3.26. The van der Waals surface area contributed by atoms with E-state index < -0.39 is 29.8 Å². The molecule has 0 fully saturated rings. The van der Waals surface area contributed by atoms with Crippen LogP contribution in [0, 0.1) is 11.6 Å². The molecule has 4 nitrogen and oxygen atoms in total. The third kappa shape index (κ3) is 1.60. The van der Waals surface area contributed by atoms with Gasteiger partial charge in [-0.3, -0.25) is 4.79 Å². The van der Waals surface area contributed by atoms with Crippen molar-refractivity contribution >= 4 is 23.4 Å². The lowest BCUT2D eigenvalue weighted by atomic mass is 9.79. The number of pyridine rings is 1. The van der Waals surface area contributed by atoms with Crippen molar-refractivity contribution in [2.24, 2.45) is 0 Å². The quantitative estimate of drug-likeness (QED) is 0.572. The Hall–Kier alpha value is -1.73. The van der Waals surface area contributed by atoms with Gasteiger partial charge in [-0.1, -0.05) is 0 Å². The Labute approximate surface area is 88.3 Å². The molecule has 0 radical (unpaired) electrons. The van der Waals surface area contributed by atoms with Crippen molar-refractivity contribution in [3.05, 3.63) is 40.3 Å². The fourth-order valence-corrected chi connectivity index (χ4v) is 1.46. The number of H-pyrrole nitrogens is 1. The van der Waals surface area contributed by atoms with Gasteiger partial charge < -0.3 is 15.0 Å². The molecule has 16 heavy (non-hydrogen) atoms. The second kappa shape index (κ2) is 3.69. The fourth-order valence-electron chi connectivity index (χ4n) is 1.46. The average molecular weight is 225 g/mol. The highest BCUT2D eigenvalue weighted by atomic mass is 19.1. The van der Waals surface area contributed by atoms with Gasteiger partial charge in [0.25, 0.3) is 5.56 Å². The standard InChI is InChI=1S/C9H6BF2NO3/c11-7-2-5-4(1-6(7)10(15)16)8(12)3-13-9(5)14/h1-3,15-16H,(H,13,14). The molecule has 7 heteroatoms. The van der Waals surface area contributed by atoms with Crippen LogP contribution in [0.25, 0.3) is 10.8 Å². The molecule has 0 aliphatic carbocycles. The highest BCUT2D eigenvalue weighted by molar-refractivity contribution is 6.59. The van der Waals surface area contributed by atoms with Gasteiger partial charge in [0.05, 0.1) is 5.39 Å². The van der Waals surface area contributed by atoms with Crippen LogP contribution >= 0.6 is 0 Å². The number of hydrogen-bond acceptors (Lipinski definition) is 3. The number of nitrogens with one attached hydrogen (secondary N) is 1. The third-order valence-electron chi connectivity index (χ3n) is 2.25. The molecule has 82 valence electrons. The lowest BCUT2D eigenvalue weighted by Gasteiger charge is -2.04. The Morgan fingerprint density at radius 3 is 2.44 bits per heavy atom. The topological polar surface area (TPSA) is 73.3 Å². The summed E-state index contributed by atoms with van der Waals surface area (Å²) in [7, 11) is -2.05. The van der Waals surface area contributed by atoms with Crippen LogP contribution in [0.3, 0.4) is 0 Å². The minimum atomic E-state index is -2.05. The fraction of sp³-hybridized carbons (Fsp3) is 0. The van der Waals surface area contributed by atoms with Gasteiger partial charge >= 0.3 is 7.12 Å². The van der Waals surface area contributed by atoms with Crippen LogP contribution < -0.4 is 11.0 Å². The molecule has 1 heterocycles. The van der Waals surface area contributed by atoms with Gasteiger partial charge in [-0.2, -0.15) is 0 Å². The van der Waals surface area contributed by atoms with Crippen molar-refractivity contribution in [2.45, 2.75) is 0 Å². The Morgan fingerprint density at radius 2 is 1.81 bits per heavy atom. The first-order valence-corrected chi connectivity index (χ1v) is 4.37. The Kier molecular flexibility index (Phi) is 2.49. The molecule has 1 aromatic heterocycles. The second-order valence-corrected chi connectivity index (χ2v) is 3.26. The zero-order chi connectivity index (χ0) is 11.9. The molecule has 0 atom stereocenters. The Balaban J connectivity index is 2.89. The van der Waals surface area contributed by atoms with E-state index in [1.54, 1.807) is 0 Å². The molecule has 3 N–H and O–H groups in total. The molecular formula is C9H6BF2NO3. The monoisotopic (exact) mass is 225 g/mol. The van der Waals surface area contributed by atoms with Gasteiger partial charge in [0.1, 0.15) is 11.6 Å². The van der Waals surface area contributed by atoms with Crippen molar-refractivity contribution in [2.75, 3.05) is 0 Å². The van der Waals surface area contributed by atoms with E-state index in [-0.39, 0.29) is 10.8 Å². The predicted molar refractivity (Wildman–Crippen MR) is 54.3 cm³/mol. The van der Waals surface area contributed by atoms with Gasteiger partial charge in [0.15, 0.2) is 0 Å². The zero-order valence-electron chi connectivity index (χ0n) is 7.87. The van der Waals surface area contributed by atoms with Crippen LogP contribution in [-0.4, -0.2) is 22.2 Å². The van der Waals surface area contributed by atoms with E-state index in [0.717, 1.165) is 18.3 Å². The smallest absolute Gasteiger partial charge is 0.423 e. The molecule has 0 saturated carbocycles. The van der Waals surface area contributed by atoms with Crippen LogP contribution in [0.1, 0.15) is 0 Å². The highest BCUT2D eigenvalue weighted by Gasteiger charge is 2.19. The van der Waals surface area contributed by atoms with Gasteiger partial charge in [-0.25, -0.2) is 8.78 Å². The molecule has 0 amide bonds. The molecule has 0 aliphatic heterocycles. The number of fused-ring (bicyclic) bond motifs is 1. The number of aromatic nitrogens is 1. The van der Waals surface area contributed by atoms with E-state index in [0.29, 0.717) is 0 Å². The van der Waals surface area contributed by atoms with Crippen molar-refractivity contribution in [3.8, 4) is 0 Å². The van der Waals surface area contributed by atoms with E-state index in [1.807, 2.05) is 0 Å². The zero-order valence-corrected chi connectivity index (χ0v) is 7.87. The molecule has 0 spiro atoms. The molecule has 0 aliphatic rings. The number of rotatable bonds is 1. The number of halogens is 2. The molecule has 0 saturated heterocycles. The lowest BCUT2D eigenvalue weighted by Crippen LogP contribution is -2.33. The first-order valence-electron chi connectivity index (χ1n) is 4.37. The summed E-state index contributed by atoms with van der Waals surface area (Å²) >= 11 is 0. The summed E-state index contributed by atoms with van der Waals surface area (Å²) in [6, 6.07) is 1.67. The predicted octanol–water partition coefficient (Wildman–Crippen LogP) is -0.514. The van der Waals surface area contributed by atoms with Gasteiger partial charge in [-0.15, -0.1) is 0 Å². The van der Waals surface area contributed by atoms with Crippen LogP contribution in [-0.2, 0) is 0 Å². The molecule has 0 unspecified atom stereocenters. The van der Waals surface area contributed by atoms with Crippen molar-refractivity contribution in [3.63, 3.8) is 0 Å². The van der Waals surface area contributed by atoms with Crippen LogP contribution in [0.2, 0.25) is 0 Å². The molecule has 0 bridgehead atoms. The molecule has 1 aromatic carbocycles. The summed E-state index contributed by atoms with van der Waals surface area (Å²) in [6.45, 7) is 0. The SMILES string of the molecule is O=c1[nH]cc(F)c2cc(B(O)O)c(F)cc12. The van der Waals surface area contributed by atoms with Gasteiger partial charge in [0.2, 0.25) is 0 Å². The summed E-state index contributed by atoms with van der Waals surface area (Å²) in [6.07, 6.45) is 0.829. The van der Waals surface area contributed by atoms with E-state index in [1.165, 1.54) is 0 Å². The van der Waals surface area contributed by atoms with Gasteiger partial charge in [0, 0.05) is 17.0 Å². The van der Waals surface area contributed by atoms with Crippen LogP contribution in [0.4, 0.5) is 8.78 Å². The van der Waals surface area contributed by atoms with E-state index in [4.69, 9.17) is 10.0 Å². The number of hydrogen-bond donors (Lipinski definition) is 3. The van der Waals surface area contributed by atoms with Crippen LogP contribution in [0.15, 0.2) is 23.1 Å². The normalized spacial score (nSPS) is 10.8. The van der Waals surface area contributed by atoms with Gasteiger partial charge in [-0.05, 0) is 12.1 Å². The molecular weight excluding hydrogens is 219 g/mol. The maximum absolute atomic E-state index is 13.3. The molecule has 2 aromatic rings. The van der Waals surface area contributed by atoms with Crippen molar-refractivity contribution in [1.29, 1.82) is 0 Å². The first-order chi connectivity index (χ1) is 7.50. The van der Waals surface area contributed by atoms with E-state index >= 15 is 0 Å². The summed E-state index contributed by atoms with van der Waals surface area (Å²) in [5, 5.41) is 17.3. The van der Waals surface area contributed by atoms with E-state index in [2.05, 4.69) is 4.98 Å². The Morgan fingerprint density at radius 1 is 1.12 bits per heavy atom. The van der Waals surface area contributed by atoms with Crippen molar-refractivity contribution in [1.82, 2.24) is 4.98 Å². The summed E-state index contributed by atoms with van der Waals surface area (Å²) in [4.78, 5) is 13.3. The maximum Gasteiger partial charge on any atom is 0.491 e. The average Bonchev–Trinajstić information content (AvgIpc) is 2.23. The number of aromatic amines is 1. The lowest BCUT2D eigenvalue weighted by molar-refractivity contribution is 0.423.